The van der Waals surface area contributed by atoms with Gasteiger partial charge in [-0.3, -0.25) is 9.59 Å². The van der Waals surface area contributed by atoms with E-state index in [-0.39, 0.29) is 30.4 Å². The Morgan fingerprint density at radius 2 is 2.23 bits per heavy atom. The summed E-state index contributed by atoms with van der Waals surface area (Å²) in [6, 6.07) is 5.09. The molecule has 0 aromatic heterocycles. The van der Waals surface area contributed by atoms with Gasteiger partial charge in [-0.05, 0) is 51.3 Å². The van der Waals surface area contributed by atoms with Crippen LogP contribution in [0.5, 0.6) is 5.75 Å². The molecule has 0 aliphatic carbocycles. The molecule has 2 aliphatic rings. The summed E-state index contributed by atoms with van der Waals surface area (Å²) in [5, 5.41) is 12.7. The average molecular weight is 358 g/mol. The molecule has 0 spiro atoms. The Morgan fingerprint density at radius 1 is 1.42 bits per heavy atom. The van der Waals surface area contributed by atoms with Crippen molar-refractivity contribution in [1.82, 2.24) is 4.90 Å². The number of aliphatic hydroxyl groups excluding tert-OH is 1. The molecule has 1 atom stereocenters. The highest BCUT2D eigenvalue weighted by molar-refractivity contribution is 5.99. The van der Waals surface area contributed by atoms with Crippen LogP contribution in [-0.2, 0) is 4.79 Å². The van der Waals surface area contributed by atoms with Crippen LogP contribution in [0.2, 0.25) is 0 Å². The minimum atomic E-state index is -0.274. The van der Waals surface area contributed by atoms with Crippen LogP contribution in [0, 0.1) is 5.41 Å². The van der Waals surface area contributed by atoms with Crippen molar-refractivity contribution in [2.45, 2.75) is 33.1 Å². The summed E-state index contributed by atoms with van der Waals surface area (Å²) in [5.74, 6) is 0.257. The van der Waals surface area contributed by atoms with Gasteiger partial charge in [0.05, 0.1) is 12.3 Å². The Labute approximate surface area is 153 Å². The Bertz CT molecular complexity index is 739. The molecule has 6 nitrogen and oxygen atoms in total. The lowest BCUT2D eigenvalue weighted by atomic mass is 9.77. The number of aliphatic hydroxyl groups is 1. The molecule has 0 bridgehead atoms. The number of carbonyl (C=O) groups is 2. The van der Waals surface area contributed by atoms with Gasteiger partial charge in [-0.15, -0.1) is 0 Å². The molecular weight excluding hydrogens is 332 g/mol. The maximum atomic E-state index is 13.0. The number of nitrogens with zero attached hydrogens (tertiary/aromatic N) is 1. The average Bonchev–Trinajstić information content (AvgIpc) is 2.65. The van der Waals surface area contributed by atoms with Crippen LogP contribution in [0.1, 0.15) is 43.5 Å². The number of ether oxygens (including phenoxy) is 1. The van der Waals surface area contributed by atoms with Gasteiger partial charge in [0.15, 0.2) is 6.61 Å². The monoisotopic (exact) mass is 358 g/mol. The SMILES string of the molecule is CC(C)=CC[C@@]1(CO)CCCN(C(=O)c2ccc3c(c2)OCC(=O)N3)C1. The predicted octanol–water partition coefficient (Wildman–Crippen LogP) is 2.59. The van der Waals surface area contributed by atoms with Gasteiger partial charge in [-0.1, -0.05) is 11.6 Å². The van der Waals surface area contributed by atoms with E-state index in [0.717, 1.165) is 19.3 Å². The first-order valence-electron chi connectivity index (χ1n) is 9.03. The molecule has 0 saturated carbocycles. The summed E-state index contributed by atoms with van der Waals surface area (Å²) in [4.78, 5) is 26.2. The normalized spacial score (nSPS) is 22.1. The minimum absolute atomic E-state index is 0.0370. The Balaban J connectivity index is 1.77. The third-order valence-electron chi connectivity index (χ3n) is 5.09. The summed E-state index contributed by atoms with van der Waals surface area (Å²) >= 11 is 0. The van der Waals surface area contributed by atoms with Crippen molar-refractivity contribution >= 4 is 17.5 Å². The van der Waals surface area contributed by atoms with Crippen molar-refractivity contribution in [2.75, 3.05) is 31.6 Å². The van der Waals surface area contributed by atoms with E-state index in [2.05, 4.69) is 11.4 Å². The van der Waals surface area contributed by atoms with Crippen molar-refractivity contribution in [1.29, 1.82) is 0 Å². The molecule has 26 heavy (non-hydrogen) atoms. The van der Waals surface area contributed by atoms with E-state index in [4.69, 9.17) is 4.74 Å². The van der Waals surface area contributed by atoms with Crippen molar-refractivity contribution in [3.63, 3.8) is 0 Å². The van der Waals surface area contributed by atoms with Crippen molar-refractivity contribution in [3.8, 4) is 5.75 Å². The summed E-state index contributed by atoms with van der Waals surface area (Å²) in [6.45, 7) is 5.35. The van der Waals surface area contributed by atoms with Crippen LogP contribution in [0.3, 0.4) is 0 Å². The van der Waals surface area contributed by atoms with Gasteiger partial charge >= 0.3 is 0 Å². The molecule has 3 rings (SSSR count). The van der Waals surface area contributed by atoms with Gasteiger partial charge in [-0.25, -0.2) is 0 Å². The maximum Gasteiger partial charge on any atom is 0.262 e. The molecule has 1 fully saturated rings. The Morgan fingerprint density at radius 3 is 2.96 bits per heavy atom. The van der Waals surface area contributed by atoms with E-state index in [1.54, 1.807) is 18.2 Å². The van der Waals surface area contributed by atoms with Gasteiger partial charge in [0.1, 0.15) is 5.75 Å². The number of rotatable bonds is 4. The van der Waals surface area contributed by atoms with E-state index in [1.807, 2.05) is 18.7 Å². The second kappa shape index (κ2) is 7.50. The van der Waals surface area contributed by atoms with E-state index in [0.29, 0.717) is 30.1 Å². The zero-order chi connectivity index (χ0) is 18.7. The smallest absolute Gasteiger partial charge is 0.262 e. The Kier molecular flexibility index (Phi) is 5.32. The quantitative estimate of drug-likeness (QED) is 0.811. The number of carbonyl (C=O) groups excluding carboxylic acids is 2. The molecule has 0 unspecified atom stereocenters. The molecule has 6 heteroatoms. The molecular formula is C20H26N2O4. The maximum absolute atomic E-state index is 13.0. The standard InChI is InChI=1S/C20H26N2O4/c1-14(2)6-8-20(13-23)7-3-9-22(12-20)19(25)15-4-5-16-17(10-15)26-11-18(24)21-16/h4-6,10,23H,3,7-9,11-13H2,1-2H3,(H,21,24)/t20-/m0/s1. The number of piperidine rings is 1. The van der Waals surface area contributed by atoms with Crippen LogP contribution in [0.4, 0.5) is 5.69 Å². The molecule has 1 aromatic carbocycles. The molecule has 140 valence electrons. The van der Waals surface area contributed by atoms with Crippen LogP contribution in [-0.4, -0.2) is 48.1 Å². The summed E-state index contributed by atoms with van der Waals surface area (Å²) in [7, 11) is 0. The molecule has 2 aliphatic heterocycles. The number of hydrogen-bond donors (Lipinski definition) is 2. The van der Waals surface area contributed by atoms with E-state index >= 15 is 0 Å². The molecule has 2 heterocycles. The lowest BCUT2D eigenvalue weighted by Gasteiger charge is -2.41. The van der Waals surface area contributed by atoms with Gasteiger partial charge < -0.3 is 20.1 Å². The highest BCUT2D eigenvalue weighted by Gasteiger charge is 2.36. The zero-order valence-corrected chi connectivity index (χ0v) is 15.4. The first-order chi connectivity index (χ1) is 12.4. The van der Waals surface area contributed by atoms with Crippen LogP contribution >= 0.6 is 0 Å². The first kappa shape index (κ1) is 18.5. The largest absolute Gasteiger partial charge is 0.482 e. The van der Waals surface area contributed by atoms with E-state index < -0.39 is 0 Å². The number of fused-ring (bicyclic) bond motifs is 1. The second-order valence-electron chi connectivity index (χ2n) is 7.52. The zero-order valence-electron chi connectivity index (χ0n) is 15.4. The van der Waals surface area contributed by atoms with Crippen molar-refractivity contribution in [2.24, 2.45) is 5.41 Å². The third-order valence-corrected chi connectivity index (χ3v) is 5.09. The number of anilines is 1. The number of likely N-dealkylation sites (tertiary alicyclic amines) is 1. The van der Waals surface area contributed by atoms with Gasteiger partial charge in [-0.2, -0.15) is 0 Å². The third kappa shape index (κ3) is 3.90. The highest BCUT2D eigenvalue weighted by atomic mass is 16.5. The van der Waals surface area contributed by atoms with Crippen LogP contribution in [0.25, 0.3) is 0 Å². The fourth-order valence-electron chi connectivity index (χ4n) is 3.55. The number of hydrogen-bond acceptors (Lipinski definition) is 4. The number of amides is 2. The molecule has 2 amide bonds. The molecule has 1 saturated heterocycles. The molecule has 1 aromatic rings. The van der Waals surface area contributed by atoms with Crippen molar-refractivity contribution in [3.05, 3.63) is 35.4 Å². The van der Waals surface area contributed by atoms with Gasteiger partial charge in [0.25, 0.3) is 11.8 Å². The van der Waals surface area contributed by atoms with Crippen LogP contribution in [0.15, 0.2) is 29.8 Å². The molecule has 2 N–H and O–H groups in total. The molecule has 0 radical (unpaired) electrons. The minimum Gasteiger partial charge on any atom is -0.482 e. The summed E-state index contributed by atoms with van der Waals surface area (Å²) in [5.41, 5.74) is 2.07. The predicted molar refractivity (Wildman–Crippen MR) is 99.3 cm³/mol. The fraction of sp³-hybridized carbons (Fsp3) is 0.500. The first-order valence-corrected chi connectivity index (χ1v) is 9.03. The topological polar surface area (TPSA) is 78.9 Å². The Hall–Kier alpha value is -2.34. The number of allylic oxidation sites excluding steroid dienone is 2. The van der Waals surface area contributed by atoms with E-state index in [1.165, 1.54) is 5.57 Å². The summed E-state index contributed by atoms with van der Waals surface area (Å²) in [6.07, 6.45) is 4.70. The number of benzene rings is 1. The lowest BCUT2D eigenvalue weighted by Crippen LogP contribution is -2.47. The van der Waals surface area contributed by atoms with Gasteiger partial charge in [0, 0.05) is 24.1 Å². The lowest BCUT2D eigenvalue weighted by molar-refractivity contribution is -0.118. The second-order valence-corrected chi connectivity index (χ2v) is 7.52. The van der Waals surface area contributed by atoms with Crippen molar-refractivity contribution < 1.29 is 19.4 Å². The fourth-order valence-corrected chi connectivity index (χ4v) is 3.55. The number of nitrogens with one attached hydrogen (secondary N) is 1. The van der Waals surface area contributed by atoms with Gasteiger partial charge in [0.2, 0.25) is 0 Å². The highest BCUT2D eigenvalue weighted by Crippen LogP contribution is 2.35. The van der Waals surface area contributed by atoms with E-state index in [9.17, 15) is 14.7 Å². The van der Waals surface area contributed by atoms with Crippen LogP contribution < -0.4 is 10.1 Å². The summed E-state index contributed by atoms with van der Waals surface area (Å²) < 4.78 is 5.41.